The summed E-state index contributed by atoms with van der Waals surface area (Å²) in [5.41, 5.74) is 0. The minimum Gasteiger partial charge on any atom is -0.339 e. The number of aromatic nitrogens is 2. The summed E-state index contributed by atoms with van der Waals surface area (Å²) in [6.07, 6.45) is 1.21. The van der Waals surface area contributed by atoms with Gasteiger partial charge in [0.25, 0.3) is 0 Å². The van der Waals surface area contributed by atoms with Gasteiger partial charge in [0.1, 0.15) is 0 Å². The molecule has 0 bridgehead atoms. The lowest BCUT2D eigenvalue weighted by molar-refractivity contribution is 0.356. The van der Waals surface area contributed by atoms with E-state index in [1.54, 1.807) is 11.8 Å². The number of hydrogen-bond acceptors (Lipinski definition) is 5. The van der Waals surface area contributed by atoms with Gasteiger partial charge in [-0.15, -0.1) is 0 Å². The van der Waals surface area contributed by atoms with Gasteiger partial charge in [-0.2, -0.15) is 22.0 Å². The smallest absolute Gasteiger partial charge is 0.226 e. The Bertz CT molecular complexity index is 356. The fraction of sp³-hybridized carbons (Fsp3) is 0.727. The zero-order chi connectivity index (χ0) is 12.0. The Balaban J connectivity index is 2.42. The molecule has 88 valence electrons. The Morgan fingerprint density at radius 1 is 1.44 bits per heavy atom. The van der Waals surface area contributed by atoms with Crippen LogP contribution in [0.3, 0.4) is 0 Å². The molecule has 1 atom stereocenters. The van der Waals surface area contributed by atoms with E-state index in [4.69, 9.17) is 9.78 Å². The molecule has 0 fully saturated rings. The summed E-state index contributed by atoms with van der Waals surface area (Å²) in [6.45, 7) is 6.29. The quantitative estimate of drug-likeness (QED) is 0.763. The number of rotatable bonds is 6. The highest BCUT2D eigenvalue weighted by atomic mass is 32.2. The Hall–Kier alpha value is -1.02. The van der Waals surface area contributed by atoms with Crippen molar-refractivity contribution in [2.45, 2.75) is 44.6 Å². The summed E-state index contributed by atoms with van der Waals surface area (Å²) < 4.78 is 5.13. The third-order valence-corrected chi connectivity index (χ3v) is 3.11. The summed E-state index contributed by atoms with van der Waals surface area (Å²) in [5.74, 6) is 2.45. The van der Waals surface area contributed by atoms with Crippen molar-refractivity contribution >= 4 is 11.8 Å². The van der Waals surface area contributed by atoms with Crippen LogP contribution >= 0.6 is 11.8 Å². The largest absolute Gasteiger partial charge is 0.339 e. The maximum atomic E-state index is 8.55. The van der Waals surface area contributed by atoms with Crippen LogP contribution in [0, 0.1) is 17.2 Å². The molecule has 0 radical (unpaired) electrons. The number of nitriles is 1. The number of hydrogen-bond donors (Lipinski definition) is 0. The zero-order valence-electron chi connectivity index (χ0n) is 9.93. The van der Waals surface area contributed by atoms with Gasteiger partial charge in [-0.25, -0.2) is 0 Å². The molecule has 0 spiro atoms. The lowest BCUT2D eigenvalue weighted by Gasteiger charge is -2.00. The van der Waals surface area contributed by atoms with Crippen LogP contribution in [0.5, 0.6) is 0 Å². The highest BCUT2D eigenvalue weighted by molar-refractivity contribution is 7.99. The van der Waals surface area contributed by atoms with Gasteiger partial charge in [-0.3, -0.25) is 0 Å². The highest BCUT2D eigenvalue weighted by Gasteiger charge is 2.11. The first-order valence-corrected chi connectivity index (χ1v) is 6.46. The first-order valence-electron chi connectivity index (χ1n) is 5.41. The van der Waals surface area contributed by atoms with E-state index in [1.165, 1.54) is 0 Å². The molecule has 5 heteroatoms. The second-order valence-corrected chi connectivity index (χ2v) is 5.70. The van der Waals surface area contributed by atoms with E-state index in [2.05, 4.69) is 30.1 Å². The predicted molar refractivity (Wildman–Crippen MR) is 63.8 cm³/mol. The molecule has 1 aromatic rings. The van der Waals surface area contributed by atoms with Crippen LogP contribution in [0.4, 0.5) is 0 Å². The molecule has 1 heterocycles. The first kappa shape index (κ1) is 13.0. The van der Waals surface area contributed by atoms with Crippen LogP contribution in [0.2, 0.25) is 0 Å². The van der Waals surface area contributed by atoms with Gasteiger partial charge >= 0.3 is 0 Å². The molecule has 1 unspecified atom stereocenters. The number of thioether (sulfide) groups is 1. The molecule has 0 aliphatic carbocycles. The lowest BCUT2D eigenvalue weighted by atomic mass is 10.1. The monoisotopic (exact) mass is 239 g/mol. The molecule has 0 N–H and O–H groups in total. The molecule has 16 heavy (non-hydrogen) atoms. The highest BCUT2D eigenvalue weighted by Crippen LogP contribution is 2.16. The standard InChI is InChI=1S/C11H17N3OS/c1-8(2)16-7-10-13-11(15-14-10)6-9(3)4-5-12/h8-9H,4,6-7H2,1-3H3. The summed E-state index contributed by atoms with van der Waals surface area (Å²) in [6, 6.07) is 2.14. The van der Waals surface area contributed by atoms with Gasteiger partial charge in [-0.1, -0.05) is 25.9 Å². The number of nitrogens with zero attached hydrogens (tertiary/aromatic N) is 3. The Labute approximate surface area is 100 Å². The van der Waals surface area contributed by atoms with Gasteiger partial charge in [0.05, 0.1) is 11.8 Å². The molecule has 1 aromatic heterocycles. The van der Waals surface area contributed by atoms with E-state index in [0.29, 0.717) is 24.0 Å². The van der Waals surface area contributed by atoms with Crippen molar-refractivity contribution in [3.05, 3.63) is 11.7 Å². The molecule has 0 aliphatic rings. The predicted octanol–water partition coefficient (Wildman–Crippen LogP) is 2.80. The average Bonchev–Trinajstić information content (AvgIpc) is 2.63. The molecular formula is C11H17N3OS. The molecular weight excluding hydrogens is 222 g/mol. The molecule has 1 rings (SSSR count). The average molecular weight is 239 g/mol. The van der Waals surface area contributed by atoms with Gasteiger partial charge in [0, 0.05) is 12.8 Å². The summed E-state index contributed by atoms with van der Waals surface area (Å²) in [5, 5.41) is 13.0. The van der Waals surface area contributed by atoms with E-state index in [-0.39, 0.29) is 5.92 Å². The second-order valence-electron chi connectivity index (χ2n) is 4.14. The van der Waals surface area contributed by atoms with Crippen molar-refractivity contribution in [2.24, 2.45) is 5.92 Å². The SMILES string of the molecule is CC(CC#N)Cc1nc(CSC(C)C)no1. The first-order chi connectivity index (χ1) is 7.61. The fourth-order valence-electron chi connectivity index (χ4n) is 1.20. The Kier molecular flexibility index (Phi) is 5.33. The third kappa shape index (κ3) is 4.67. The lowest BCUT2D eigenvalue weighted by Crippen LogP contribution is -1.99. The van der Waals surface area contributed by atoms with Crippen molar-refractivity contribution in [1.29, 1.82) is 5.26 Å². The van der Waals surface area contributed by atoms with Gasteiger partial charge in [-0.05, 0) is 11.2 Å². The maximum Gasteiger partial charge on any atom is 0.226 e. The van der Waals surface area contributed by atoms with E-state index in [1.807, 2.05) is 6.92 Å². The van der Waals surface area contributed by atoms with E-state index < -0.39 is 0 Å². The van der Waals surface area contributed by atoms with Gasteiger partial charge in [0.15, 0.2) is 5.82 Å². The normalized spacial score (nSPS) is 12.7. The molecule has 0 saturated heterocycles. The molecule has 0 saturated carbocycles. The minimum atomic E-state index is 0.274. The summed E-state index contributed by atoms with van der Waals surface area (Å²) in [7, 11) is 0. The molecule has 0 aliphatic heterocycles. The second kappa shape index (κ2) is 6.54. The minimum absolute atomic E-state index is 0.274. The van der Waals surface area contributed by atoms with Crippen molar-refractivity contribution in [3.8, 4) is 6.07 Å². The molecule has 4 nitrogen and oxygen atoms in total. The van der Waals surface area contributed by atoms with E-state index in [9.17, 15) is 0 Å². The maximum absolute atomic E-state index is 8.55. The topological polar surface area (TPSA) is 62.7 Å². The fourth-order valence-corrected chi connectivity index (χ4v) is 1.80. The zero-order valence-corrected chi connectivity index (χ0v) is 10.8. The molecule has 0 aromatic carbocycles. The van der Waals surface area contributed by atoms with Crippen molar-refractivity contribution in [2.75, 3.05) is 0 Å². The van der Waals surface area contributed by atoms with Crippen LogP contribution < -0.4 is 0 Å². The Morgan fingerprint density at radius 2 is 2.19 bits per heavy atom. The third-order valence-electron chi connectivity index (χ3n) is 2.02. The van der Waals surface area contributed by atoms with Crippen molar-refractivity contribution < 1.29 is 4.52 Å². The van der Waals surface area contributed by atoms with Crippen LogP contribution in [-0.2, 0) is 12.2 Å². The van der Waals surface area contributed by atoms with Crippen molar-refractivity contribution in [1.82, 2.24) is 10.1 Å². The van der Waals surface area contributed by atoms with Gasteiger partial charge < -0.3 is 4.52 Å². The molecule has 0 amide bonds. The Morgan fingerprint density at radius 3 is 2.81 bits per heavy atom. The summed E-state index contributed by atoms with van der Waals surface area (Å²) in [4.78, 5) is 4.30. The van der Waals surface area contributed by atoms with Crippen LogP contribution in [0.1, 0.15) is 38.9 Å². The van der Waals surface area contributed by atoms with Crippen molar-refractivity contribution in [3.63, 3.8) is 0 Å². The van der Waals surface area contributed by atoms with E-state index in [0.717, 1.165) is 11.6 Å². The van der Waals surface area contributed by atoms with Gasteiger partial charge in [0.2, 0.25) is 5.89 Å². The van der Waals surface area contributed by atoms with E-state index >= 15 is 0 Å². The summed E-state index contributed by atoms with van der Waals surface area (Å²) >= 11 is 1.79. The van der Waals surface area contributed by atoms with Crippen LogP contribution in [0.25, 0.3) is 0 Å². The van der Waals surface area contributed by atoms with Crippen LogP contribution in [-0.4, -0.2) is 15.4 Å². The van der Waals surface area contributed by atoms with Crippen LogP contribution in [0.15, 0.2) is 4.52 Å².